The SMILES string of the molecule is N#Cc1ccc2c(c1)[nH]c1c2c(=O)c2cc(OC(F)(F)F)c(-c3cccc(S(=O)(=O)F)c3)cc2n1C1CCNCC1. The van der Waals surface area contributed by atoms with Gasteiger partial charge in [0.05, 0.1) is 32.8 Å². The fourth-order valence-electron chi connectivity index (χ4n) is 5.56. The molecule has 0 aliphatic carbocycles. The van der Waals surface area contributed by atoms with Crippen molar-refractivity contribution in [2.75, 3.05) is 13.1 Å². The van der Waals surface area contributed by atoms with Crippen LogP contribution < -0.4 is 15.5 Å². The van der Waals surface area contributed by atoms with Crippen molar-refractivity contribution in [1.82, 2.24) is 14.9 Å². The Bertz CT molecular complexity index is 2070. The molecule has 0 unspecified atom stereocenters. The van der Waals surface area contributed by atoms with Gasteiger partial charge in [0, 0.05) is 22.5 Å². The molecule has 0 radical (unpaired) electrons. The fraction of sp³-hybridized carbons (Fsp3) is 0.214. The van der Waals surface area contributed by atoms with Gasteiger partial charge in [-0.25, -0.2) is 0 Å². The monoisotopic (exact) mass is 584 g/mol. The topological polar surface area (TPSA) is 117 Å². The van der Waals surface area contributed by atoms with Crippen molar-refractivity contribution in [2.24, 2.45) is 0 Å². The molecule has 8 nitrogen and oxygen atoms in total. The largest absolute Gasteiger partial charge is 0.573 e. The van der Waals surface area contributed by atoms with E-state index in [1.54, 1.807) is 18.2 Å². The highest BCUT2D eigenvalue weighted by Crippen LogP contribution is 2.40. The molecule has 5 aromatic rings. The Hall–Kier alpha value is -4.41. The maximum absolute atomic E-state index is 13.9. The van der Waals surface area contributed by atoms with Crippen molar-refractivity contribution in [3.63, 3.8) is 0 Å². The minimum absolute atomic E-state index is 0.0430. The number of hydrogen-bond acceptors (Lipinski definition) is 6. The summed E-state index contributed by atoms with van der Waals surface area (Å²) in [6, 6.07) is 13.4. The van der Waals surface area contributed by atoms with E-state index in [2.05, 4.69) is 21.1 Å². The number of nitrogens with one attached hydrogen (secondary N) is 2. The van der Waals surface area contributed by atoms with Crippen LogP contribution in [-0.2, 0) is 10.2 Å². The lowest BCUT2D eigenvalue weighted by atomic mass is 9.99. The second-order valence-electron chi connectivity index (χ2n) is 9.78. The van der Waals surface area contributed by atoms with Gasteiger partial charge in [-0.1, -0.05) is 18.2 Å². The Morgan fingerprint density at radius 1 is 1.02 bits per heavy atom. The van der Waals surface area contributed by atoms with Crippen LogP contribution in [0.3, 0.4) is 0 Å². The molecule has 41 heavy (non-hydrogen) atoms. The third-order valence-corrected chi connectivity index (χ3v) is 8.12. The molecule has 1 fully saturated rings. The van der Waals surface area contributed by atoms with Gasteiger partial charge in [0.1, 0.15) is 11.4 Å². The Kier molecular flexibility index (Phi) is 6.28. The van der Waals surface area contributed by atoms with Crippen LogP contribution in [0.1, 0.15) is 24.4 Å². The number of ether oxygens (including phenoxy) is 1. The van der Waals surface area contributed by atoms with Gasteiger partial charge in [0.25, 0.3) is 0 Å². The zero-order valence-electron chi connectivity index (χ0n) is 21.0. The number of H-pyrrole nitrogens is 1. The lowest BCUT2D eigenvalue weighted by molar-refractivity contribution is -0.274. The molecule has 0 amide bonds. The van der Waals surface area contributed by atoms with Crippen LogP contribution in [0.5, 0.6) is 5.75 Å². The molecule has 2 aromatic heterocycles. The predicted molar refractivity (Wildman–Crippen MR) is 144 cm³/mol. The highest BCUT2D eigenvalue weighted by Gasteiger charge is 2.33. The molecule has 6 rings (SSSR count). The fourth-order valence-corrected chi connectivity index (χ4v) is 6.07. The number of halogens is 4. The smallest absolute Gasteiger partial charge is 0.405 e. The van der Waals surface area contributed by atoms with Gasteiger partial charge < -0.3 is 19.6 Å². The molecule has 210 valence electrons. The minimum Gasteiger partial charge on any atom is -0.405 e. The second kappa shape index (κ2) is 9.60. The highest BCUT2D eigenvalue weighted by atomic mass is 32.3. The maximum atomic E-state index is 13.9. The number of piperidine rings is 1. The number of aromatic amines is 1. The summed E-state index contributed by atoms with van der Waals surface area (Å²) in [4.78, 5) is 16.4. The third kappa shape index (κ3) is 4.79. The maximum Gasteiger partial charge on any atom is 0.573 e. The van der Waals surface area contributed by atoms with Crippen LogP contribution in [0.25, 0.3) is 44.0 Å². The highest BCUT2D eigenvalue weighted by molar-refractivity contribution is 7.86. The Morgan fingerprint density at radius 2 is 1.78 bits per heavy atom. The lowest BCUT2D eigenvalue weighted by Gasteiger charge is -2.28. The van der Waals surface area contributed by atoms with E-state index >= 15 is 0 Å². The van der Waals surface area contributed by atoms with Gasteiger partial charge in [-0.15, -0.1) is 17.1 Å². The van der Waals surface area contributed by atoms with Crippen molar-refractivity contribution >= 4 is 43.1 Å². The summed E-state index contributed by atoms with van der Waals surface area (Å²) in [5.41, 5.74) is 0.834. The quantitative estimate of drug-likeness (QED) is 0.208. The summed E-state index contributed by atoms with van der Waals surface area (Å²) >= 11 is 0. The van der Waals surface area contributed by atoms with E-state index in [1.807, 2.05) is 4.57 Å². The number of aromatic nitrogens is 2. The van der Waals surface area contributed by atoms with Crippen LogP contribution in [-0.4, -0.2) is 37.4 Å². The van der Waals surface area contributed by atoms with Crippen molar-refractivity contribution in [3.05, 3.63) is 70.4 Å². The molecule has 3 aromatic carbocycles. The molecule has 0 saturated carbocycles. The van der Waals surface area contributed by atoms with E-state index < -0.39 is 32.7 Å². The van der Waals surface area contributed by atoms with Gasteiger partial charge in [-0.2, -0.15) is 13.7 Å². The molecule has 0 atom stereocenters. The summed E-state index contributed by atoms with van der Waals surface area (Å²) in [6.45, 7) is 1.33. The molecule has 0 spiro atoms. The van der Waals surface area contributed by atoms with E-state index in [9.17, 15) is 35.5 Å². The second-order valence-corrected chi connectivity index (χ2v) is 11.1. The number of alkyl halides is 3. The number of nitriles is 1. The van der Waals surface area contributed by atoms with E-state index in [1.165, 1.54) is 18.2 Å². The molecule has 1 aliphatic rings. The number of pyridine rings is 1. The number of benzene rings is 3. The number of rotatable bonds is 4. The van der Waals surface area contributed by atoms with Crippen molar-refractivity contribution in [2.45, 2.75) is 30.1 Å². The van der Waals surface area contributed by atoms with Crippen LogP contribution >= 0.6 is 0 Å². The van der Waals surface area contributed by atoms with Crippen molar-refractivity contribution in [3.8, 4) is 22.9 Å². The molecule has 2 N–H and O–H groups in total. The first kappa shape index (κ1) is 26.8. The average molecular weight is 585 g/mol. The zero-order chi connectivity index (χ0) is 29.1. The Morgan fingerprint density at radius 3 is 2.46 bits per heavy atom. The van der Waals surface area contributed by atoms with Gasteiger partial charge in [0.2, 0.25) is 0 Å². The van der Waals surface area contributed by atoms with E-state index in [0.717, 1.165) is 18.2 Å². The minimum atomic E-state index is -5.16. The van der Waals surface area contributed by atoms with E-state index in [4.69, 9.17) is 0 Å². The predicted octanol–water partition coefficient (Wildman–Crippen LogP) is 5.66. The summed E-state index contributed by atoms with van der Waals surface area (Å²) in [5.74, 6) is -0.738. The summed E-state index contributed by atoms with van der Waals surface area (Å²) in [5, 5.41) is 13.4. The number of nitrogens with zero attached hydrogens (tertiary/aromatic N) is 2. The lowest BCUT2D eigenvalue weighted by Crippen LogP contribution is -2.30. The van der Waals surface area contributed by atoms with E-state index in [-0.39, 0.29) is 27.9 Å². The molecule has 3 heterocycles. The number of hydrogen-bond donors (Lipinski definition) is 2. The average Bonchev–Trinajstić information content (AvgIpc) is 3.31. The van der Waals surface area contributed by atoms with Crippen LogP contribution in [0, 0.1) is 11.3 Å². The Labute approximate surface area is 230 Å². The standard InChI is InChI=1S/C28H20F4N4O4S/c29-28(30,31)40-24-13-21-23(12-20(24)16-2-1-3-18(11-16)41(32,38)39)36(17-6-8-34-9-7-17)27-25(26(21)37)19-5-4-15(14-33)10-22(19)35-27/h1-5,10-13,17,34-35H,6-9H2. The first-order valence-electron chi connectivity index (χ1n) is 12.5. The van der Waals surface area contributed by atoms with Crippen LogP contribution in [0.15, 0.2) is 64.3 Å². The first-order valence-corrected chi connectivity index (χ1v) is 13.9. The normalized spacial score (nSPS) is 15.0. The van der Waals surface area contributed by atoms with Crippen LogP contribution in [0.4, 0.5) is 17.1 Å². The molecule has 1 aliphatic heterocycles. The molecular weight excluding hydrogens is 564 g/mol. The molecule has 13 heteroatoms. The van der Waals surface area contributed by atoms with Crippen molar-refractivity contribution < 1.29 is 30.2 Å². The zero-order valence-corrected chi connectivity index (χ0v) is 21.9. The molecule has 0 bridgehead atoms. The van der Waals surface area contributed by atoms with Gasteiger partial charge in [-0.05, 0) is 67.9 Å². The summed E-state index contributed by atoms with van der Waals surface area (Å²) in [7, 11) is -5.16. The third-order valence-electron chi connectivity index (χ3n) is 7.30. The number of fused-ring (bicyclic) bond motifs is 4. The molecular formula is C28H20F4N4O4S. The van der Waals surface area contributed by atoms with Gasteiger partial charge in [0.15, 0.2) is 5.43 Å². The molecule has 1 saturated heterocycles. The summed E-state index contributed by atoms with van der Waals surface area (Å²) in [6.07, 6.45) is -3.84. The Balaban J connectivity index is 1.75. The van der Waals surface area contributed by atoms with E-state index in [0.29, 0.717) is 53.6 Å². The van der Waals surface area contributed by atoms with Crippen LogP contribution in [0.2, 0.25) is 0 Å². The first-order chi connectivity index (χ1) is 19.4. The summed E-state index contributed by atoms with van der Waals surface area (Å²) < 4.78 is 83.8. The van der Waals surface area contributed by atoms with Gasteiger partial charge >= 0.3 is 16.6 Å². The van der Waals surface area contributed by atoms with Crippen molar-refractivity contribution in [1.29, 1.82) is 5.26 Å². The van der Waals surface area contributed by atoms with Gasteiger partial charge in [-0.3, -0.25) is 4.79 Å².